The van der Waals surface area contributed by atoms with Crippen molar-refractivity contribution in [1.82, 2.24) is 14.8 Å². The molecule has 1 aromatic rings. The maximum Gasteiger partial charge on any atom is 0.332 e. The third-order valence-electron chi connectivity index (χ3n) is 6.32. The predicted molar refractivity (Wildman–Crippen MR) is 115 cm³/mol. The Labute approximate surface area is 184 Å². The van der Waals surface area contributed by atoms with Crippen LogP contribution in [0.5, 0.6) is 0 Å². The highest BCUT2D eigenvalue weighted by molar-refractivity contribution is 7.61. The van der Waals surface area contributed by atoms with Crippen LogP contribution in [0, 0.1) is 0 Å². The molecule has 2 unspecified atom stereocenters. The highest BCUT2D eigenvalue weighted by Gasteiger charge is 2.46. The number of piperazine rings is 1. The summed E-state index contributed by atoms with van der Waals surface area (Å²) in [5.41, 5.74) is -0.626. The molecule has 0 amide bonds. The molecule has 1 aromatic heterocycles. The first-order chi connectivity index (χ1) is 14.8. The van der Waals surface area contributed by atoms with Crippen LogP contribution in [-0.4, -0.2) is 89.4 Å². The van der Waals surface area contributed by atoms with Gasteiger partial charge in [0, 0.05) is 43.8 Å². The number of hydrogen-bond acceptors (Lipinski definition) is 9. The lowest BCUT2D eigenvalue weighted by molar-refractivity contribution is -0.147. The average Bonchev–Trinajstić information content (AvgIpc) is 2.74. The largest absolute Gasteiger partial charge is 0.480 e. The van der Waals surface area contributed by atoms with Crippen molar-refractivity contribution in [3.8, 4) is 0 Å². The summed E-state index contributed by atoms with van der Waals surface area (Å²) in [5, 5.41) is 23.8. The molecular weight excluding hydrogens is 422 g/mol. The molecule has 0 aromatic carbocycles. The second kappa shape index (κ2) is 10.5. The number of carbonyl (C=O) groups is 1. The molecule has 2 heterocycles. The zero-order valence-corrected chi connectivity index (χ0v) is 18.5. The lowest BCUT2D eigenvalue weighted by Crippen LogP contribution is -2.60. The molecule has 1 aliphatic heterocycles. The minimum absolute atomic E-state index is 0.140. The zero-order chi connectivity index (χ0) is 22.4. The van der Waals surface area contributed by atoms with Gasteiger partial charge in [-0.3, -0.25) is 14.8 Å². The Morgan fingerprint density at radius 3 is 2.58 bits per heavy atom. The van der Waals surface area contributed by atoms with Gasteiger partial charge in [-0.05, 0) is 50.8 Å². The van der Waals surface area contributed by atoms with Crippen LogP contribution in [0.4, 0.5) is 5.69 Å². The molecule has 0 radical (unpaired) electrons. The first-order valence-electron chi connectivity index (χ1n) is 10.7. The number of nitrogens with one attached hydrogen (secondary N) is 1. The molecule has 172 valence electrons. The van der Waals surface area contributed by atoms with E-state index in [9.17, 15) is 23.4 Å². The predicted octanol–water partition coefficient (Wildman–Crippen LogP) is 1.04. The van der Waals surface area contributed by atoms with E-state index in [1.54, 1.807) is 12.4 Å². The van der Waals surface area contributed by atoms with Crippen LogP contribution in [-0.2, 0) is 15.3 Å². The van der Waals surface area contributed by atoms with Gasteiger partial charge in [-0.1, -0.05) is 6.92 Å². The van der Waals surface area contributed by atoms with Gasteiger partial charge in [-0.25, -0.2) is 4.79 Å². The third-order valence-corrected chi connectivity index (χ3v) is 6.70. The van der Waals surface area contributed by atoms with Gasteiger partial charge in [0.15, 0.2) is 6.04 Å². The molecule has 1 saturated heterocycles. The maximum absolute atomic E-state index is 11.5. The van der Waals surface area contributed by atoms with E-state index in [1.807, 2.05) is 12.1 Å². The molecule has 3 N–H and O–H groups in total. The van der Waals surface area contributed by atoms with Gasteiger partial charge >= 0.3 is 16.5 Å². The van der Waals surface area contributed by atoms with Crippen molar-refractivity contribution >= 4 is 22.2 Å². The molecule has 0 bridgehead atoms. The number of carboxylic acid groups (broad SMARTS) is 1. The van der Waals surface area contributed by atoms with E-state index in [2.05, 4.69) is 31.4 Å². The molecule has 3 rings (SSSR count). The van der Waals surface area contributed by atoms with Crippen LogP contribution < -0.4 is 5.32 Å². The molecule has 10 nitrogen and oxygen atoms in total. The molecule has 2 atom stereocenters. The molecular formula is C20H31N5O5S. The number of hydrogen-bond donors (Lipinski definition) is 3. The lowest BCUT2D eigenvalue weighted by Gasteiger charge is -2.47. The van der Waals surface area contributed by atoms with Gasteiger partial charge in [-0.15, -0.1) is 0 Å². The van der Waals surface area contributed by atoms with Gasteiger partial charge < -0.3 is 15.5 Å². The van der Waals surface area contributed by atoms with Crippen LogP contribution in [0.1, 0.15) is 39.0 Å². The van der Waals surface area contributed by atoms with Gasteiger partial charge in [0.1, 0.15) is 0 Å². The van der Waals surface area contributed by atoms with Gasteiger partial charge in [-0.2, -0.15) is 12.8 Å². The molecule has 0 spiro atoms. The number of nitrogens with zero attached hydrogens (tertiary/aromatic N) is 4. The van der Waals surface area contributed by atoms with Crippen molar-refractivity contribution in [1.29, 1.82) is 0 Å². The van der Waals surface area contributed by atoms with Crippen molar-refractivity contribution in [3.05, 3.63) is 24.5 Å². The van der Waals surface area contributed by atoms with E-state index >= 15 is 0 Å². The Morgan fingerprint density at radius 1 is 1.32 bits per heavy atom. The highest BCUT2D eigenvalue weighted by atomic mass is 32.2. The minimum atomic E-state index is -2.88. The average molecular weight is 454 g/mol. The Kier molecular flexibility index (Phi) is 7.98. The van der Waals surface area contributed by atoms with E-state index in [-0.39, 0.29) is 25.0 Å². The fourth-order valence-corrected chi connectivity index (χ4v) is 5.16. The summed E-state index contributed by atoms with van der Waals surface area (Å²) in [6.07, 6.45) is 6.31. The Hall–Kier alpha value is -2.08. The van der Waals surface area contributed by atoms with Gasteiger partial charge in [0.2, 0.25) is 0 Å². The fraction of sp³-hybridized carbons (Fsp3) is 0.700. The second-order valence-electron chi connectivity index (χ2n) is 8.32. The lowest BCUT2D eigenvalue weighted by atomic mass is 9.77. The molecule has 2 fully saturated rings. The van der Waals surface area contributed by atoms with E-state index in [4.69, 9.17) is 0 Å². The van der Waals surface area contributed by atoms with E-state index in [0.29, 0.717) is 12.8 Å². The van der Waals surface area contributed by atoms with Crippen molar-refractivity contribution in [3.63, 3.8) is 0 Å². The quantitative estimate of drug-likeness (QED) is 0.527. The van der Waals surface area contributed by atoms with Crippen LogP contribution in [0.3, 0.4) is 0 Å². The summed E-state index contributed by atoms with van der Waals surface area (Å²) < 4.78 is 25.1. The first-order valence-corrected chi connectivity index (χ1v) is 11.8. The number of anilines is 1. The Balaban J connectivity index is 1.65. The standard InChI is InChI=1S/C20H31N5O5S/c1-2-11-24-12-13-25(14-17(24)22-15-5-9-21-10-6-15)16-3-7-20(28,8-4-16)18(19(26)27)23-31(29)30/h5-6,9-10,16-18,28H,2-4,7-8,11-14H2,1H3,(H,21,22)(H,26,27). The van der Waals surface area contributed by atoms with Crippen molar-refractivity contribution in [2.45, 2.75) is 62.9 Å². The summed E-state index contributed by atoms with van der Waals surface area (Å²) in [6.45, 7) is 5.78. The molecule has 1 aliphatic carbocycles. The van der Waals surface area contributed by atoms with Gasteiger partial charge in [0.25, 0.3) is 0 Å². The summed E-state index contributed by atoms with van der Waals surface area (Å²) in [4.78, 5) is 20.4. The van der Waals surface area contributed by atoms with Crippen LogP contribution in [0.25, 0.3) is 0 Å². The minimum Gasteiger partial charge on any atom is -0.480 e. The SMILES string of the molecule is CCCN1CCN(C2CCC(O)(C(N=S(=O)=O)C(=O)O)CC2)CC1Nc1ccncc1. The molecule has 1 saturated carbocycles. The van der Waals surface area contributed by atoms with Crippen LogP contribution in [0.15, 0.2) is 28.9 Å². The number of aromatic nitrogens is 1. The summed E-state index contributed by atoms with van der Waals surface area (Å²) in [5.74, 6) is -1.42. The maximum atomic E-state index is 11.5. The molecule has 31 heavy (non-hydrogen) atoms. The van der Waals surface area contributed by atoms with Crippen molar-refractivity contribution in [2.24, 2.45) is 4.36 Å². The third kappa shape index (κ3) is 6.00. The number of aliphatic hydroxyl groups is 1. The van der Waals surface area contributed by atoms with Crippen molar-refractivity contribution < 1.29 is 23.4 Å². The van der Waals surface area contributed by atoms with E-state index < -0.39 is 28.1 Å². The smallest absolute Gasteiger partial charge is 0.332 e. The second-order valence-corrected chi connectivity index (χ2v) is 8.97. The number of rotatable bonds is 8. The van der Waals surface area contributed by atoms with E-state index in [1.165, 1.54) is 0 Å². The summed E-state index contributed by atoms with van der Waals surface area (Å²) >= 11 is 0. The molecule has 11 heteroatoms. The fourth-order valence-electron chi connectivity index (χ4n) is 4.71. The van der Waals surface area contributed by atoms with Crippen LogP contribution >= 0.6 is 0 Å². The first kappa shape index (κ1) is 23.6. The summed E-state index contributed by atoms with van der Waals surface area (Å²) in [7, 11) is -2.88. The highest BCUT2D eigenvalue weighted by Crippen LogP contribution is 2.35. The Bertz CT molecular complexity index is 865. The summed E-state index contributed by atoms with van der Waals surface area (Å²) in [6, 6.07) is 2.44. The zero-order valence-electron chi connectivity index (χ0n) is 17.7. The molecule has 2 aliphatic rings. The monoisotopic (exact) mass is 453 g/mol. The number of carboxylic acids is 1. The number of pyridine rings is 1. The topological polar surface area (TPSA) is 135 Å². The number of aliphatic carboxylic acids is 1. The normalized spacial score (nSPS) is 28.6. The Morgan fingerprint density at radius 2 is 2.00 bits per heavy atom. The van der Waals surface area contributed by atoms with Crippen LogP contribution in [0.2, 0.25) is 0 Å². The van der Waals surface area contributed by atoms with Crippen molar-refractivity contribution in [2.75, 3.05) is 31.5 Å². The van der Waals surface area contributed by atoms with Gasteiger partial charge in [0.05, 0.1) is 11.8 Å². The van der Waals surface area contributed by atoms with E-state index in [0.717, 1.165) is 38.3 Å².